The van der Waals surface area contributed by atoms with Crippen LogP contribution in [0.3, 0.4) is 0 Å². The summed E-state index contributed by atoms with van der Waals surface area (Å²) in [6.07, 6.45) is 1.24. The Morgan fingerprint density at radius 2 is 1.37 bits per heavy atom. The molecule has 0 fully saturated rings. The summed E-state index contributed by atoms with van der Waals surface area (Å²) in [6.45, 7) is 0.469. The maximum absolute atomic E-state index is 14.3. The van der Waals surface area contributed by atoms with Gasteiger partial charge in [-0.3, -0.25) is 19.4 Å². The first-order valence-corrected chi connectivity index (χ1v) is 14.5. The number of amides is 3. The highest BCUT2D eigenvalue weighted by Gasteiger charge is 2.34. The predicted molar refractivity (Wildman–Crippen MR) is 171 cm³/mol. The van der Waals surface area contributed by atoms with Gasteiger partial charge in [-0.2, -0.15) is 0 Å². The number of likely N-dealkylation sites (N-methyl/N-ethyl adjacent to an activating group) is 2. The summed E-state index contributed by atoms with van der Waals surface area (Å²) >= 11 is 0. The van der Waals surface area contributed by atoms with Crippen LogP contribution < -0.4 is 11.1 Å². The minimum absolute atomic E-state index is 0.227. The fourth-order valence-electron chi connectivity index (χ4n) is 5.12. The van der Waals surface area contributed by atoms with Crippen molar-refractivity contribution in [1.29, 1.82) is 0 Å². The first-order valence-electron chi connectivity index (χ1n) is 14.5. The van der Waals surface area contributed by atoms with E-state index in [0.29, 0.717) is 24.9 Å². The second-order valence-electron chi connectivity index (χ2n) is 11.0. The molecule has 0 saturated heterocycles. The Hall–Kier alpha value is -4.53. The Morgan fingerprint density at radius 1 is 0.698 bits per heavy atom. The van der Waals surface area contributed by atoms with E-state index in [-0.39, 0.29) is 24.1 Å². The number of fused-ring (bicyclic) bond motifs is 1. The highest BCUT2D eigenvalue weighted by molar-refractivity contribution is 5.98. The molecule has 0 aliphatic rings. The van der Waals surface area contributed by atoms with Crippen molar-refractivity contribution in [2.45, 2.75) is 31.3 Å². The van der Waals surface area contributed by atoms with Gasteiger partial charge in [-0.1, -0.05) is 84.9 Å². The van der Waals surface area contributed by atoms with Gasteiger partial charge in [0.15, 0.2) is 0 Å². The molecular formula is C35H41N5O3. The molecule has 8 nitrogen and oxygen atoms in total. The lowest BCUT2D eigenvalue weighted by molar-refractivity contribution is -0.152. The van der Waals surface area contributed by atoms with E-state index in [1.807, 2.05) is 84.9 Å². The Morgan fingerprint density at radius 3 is 2.07 bits per heavy atom. The van der Waals surface area contributed by atoms with Crippen molar-refractivity contribution >= 4 is 28.5 Å². The molecule has 0 bridgehead atoms. The van der Waals surface area contributed by atoms with E-state index in [0.717, 1.165) is 27.5 Å². The van der Waals surface area contributed by atoms with E-state index in [9.17, 15) is 14.4 Å². The van der Waals surface area contributed by atoms with Gasteiger partial charge >= 0.3 is 0 Å². The third-order valence-corrected chi connectivity index (χ3v) is 7.77. The molecule has 4 rings (SSSR count). The minimum Gasteiger partial charge on any atom is -0.340 e. The fourth-order valence-corrected chi connectivity index (χ4v) is 5.12. The monoisotopic (exact) mass is 579 g/mol. The van der Waals surface area contributed by atoms with Crippen LogP contribution in [0.2, 0.25) is 0 Å². The molecule has 0 spiro atoms. The quantitative estimate of drug-likeness (QED) is 0.250. The Labute approximate surface area is 254 Å². The summed E-state index contributed by atoms with van der Waals surface area (Å²) in [7, 11) is 6.88. The number of benzene rings is 4. The predicted octanol–water partition coefficient (Wildman–Crippen LogP) is 3.69. The lowest BCUT2D eigenvalue weighted by Crippen LogP contribution is -2.57. The van der Waals surface area contributed by atoms with Crippen molar-refractivity contribution in [3.8, 4) is 0 Å². The van der Waals surface area contributed by atoms with Crippen molar-refractivity contribution in [1.82, 2.24) is 20.2 Å². The number of hydrogen-bond donors (Lipinski definition) is 2. The van der Waals surface area contributed by atoms with E-state index >= 15 is 0 Å². The number of hydrazine groups is 1. The highest BCUT2D eigenvalue weighted by Crippen LogP contribution is 2.19. The maximum atomic E-state index is 14.3. The molecule has 43 heavy (non-hydrogen) atoms. The van der Waals surface area contributed by atoms with E-state index in [2.05, 4.69) is 5.32 Å². The van der Waals surface area contributed by atoms with Gasteiger partial charge in [0.2, 0.25) is 5.91 Å². The van der Waals surface area contributed by atoms with Crippen molar-refractivity contribution in [2.24, 2.45) is 5.73 Å². The van der Waals surface area contributed by atoms with Gasteiger partial charge in [-0.15, -0.1) is 0 Å². The summed E-state index contributed by atoms with van der Waals surface area (Å²) in [5, 5.41) is 8.31. The van der Waals surface area contributed by atoms with Gasteiger partial charge in [0, 0.05) is 46.6 Å². The second kappa shape index (κ2) is 14.6. The van der Waals surface area contributed by atoms with Gasteiger partial charge in [0.05, 0.1) is 0 Å². The number of nitrogens with one attached hydrogen (secondary N) is 1. The van der Waals surface area contributed by atoms with E-state index in [4.69, 9.17) is 5.73 Å². The van der Waals surface area contributed by atoms with Crippen LogP contribution in [0.5, 0.6) is 0 Å². The van der Waals surface area contributed by atoms with Crippen LogP contribution in [-0.2, 0) is 28.9 Å². The van der Waals surface area contributed by atoms with Crippen LogP contribution in [0.4, 0.5) is 0 Å². The zero-order valence-electron chi connectivity index (χ0n) is 25.4. The summed E-state index contributed by atoms with van der Waals surface area (Å²) < 4.78 is 0. The molecule has 224 valence electrons. The van der Waals surface area contributed by atoms with Crippen LogP contribution >= 0.6 is 0 Å². The zero-order chi connectivity index (χ0) is 30.9. The van der Waals surface area contributed by atoms with Gasteiger partial charge < -0.3 is 16.0 Å². The van der Waals surface area contributed by atoms with Crippen molar-refractivity contribution < 1.29 is 14.4 Å². The number of rotatable bonds is 12. The first-order chi connectivity index (χ1) is 20.7. The summed E-state index contributed by atoms with van der Waals surface area (Å²) in [5.74, 6) is -0.932. The van der Waals surface area contributed by atoms with Gasteiger partial charge in [-0.05, 0) is 52.6 Å². The average molecular weight is 580 g/mol. The molecule has 0 aromatic heterocycles. The number of hydrogen-bond acceptors (Lipinski definition) is 5. The summed E-state index contributed by atoms with van der Waals surface area (Å²) in [6, 6.07) is 29.2. The van der Waals surface area contributed by atoms with Crippen LogP contribution in [-0.4, -0.2) is 79.5 Å². The molecule has 0 aliphatic carbocycles. The Kier molecular flexibility index (Phi) is 10.6. The van der Waals surface area contributed by atoms with Gasteiger partial charge in [-0.25, -0.2) is 5.01 Å². The lowest BCUT2D eigenvalue weighted by atomic mass is 9.98. The smallest absolute Gasteiger partial charge is 0.259 e. The topological polar surface area (TPSA) is 99.0 Å². The largest absolute Gasteiger partial charge is 0.340 e. The third kappa shape index (κ3) is 8.06. The number of carbonyl (C=O) groups excluding carboxylic acids is 3. The van der Waals surface area contributed by atoms with Crippen LogP contribution in [0.15, 0.2) is 97.1 Å². The third-order valence-electron chi connectivity index (χ3n) is 7.77. The van der Waals surface area contributed by atoms with Gasteiger partial charge in [0.1, 0.15) is 12.1 Å². The highest BCUT2D eigenvalue weighted by atomic mass is 16.2. The summed E-state index contributed by atoms with van der Waals surface area (Å²) in [4.78, 5) is 43.0. The molecule has 2 atom stereocenters. The van der Waals surface area contributed by atoms with Crippen molar-refractivity contribution in [3.05, 3.63) is 119 Å². The molecule has 0 heterocycles. The average Bonchev–Trinajstić information content (AvgIpc) is 3.02. The molecule has 0 radical (unpaired) electrons. The molecular weight excluding hydrogens is 538 g/mol. The SMILES string of the molecule is CN(C(=O)C(Cc1ccc2ccccc2c1)NC(=O)c1cccc(CCN)c1)C(Cc1ccccc1)C(=O)N(C)N(C)C. The molecule has 0 saturated carbocycles. The molecule has 2 unspecified atom stereocenters. The molecule has 4 aromatic rings. The van der Waals surface area contributed by atoms with E-state index in [1.165, 1.54) is 9.91 Å². The van der Waals surface area contributed by atoms with Crippen LogP contribution in [0.25, 0.3) is 10.8 Å². The second-order valence-corrected chi connectivity index (χ2v) is 11.0. The van der Waals surface area contributed by atoms with Gasteiger partial charge in [0.25, 0.3) is 11.8 Å². The minimum atomic E-state index is -0.910. The Bertz CT molecular complexity index is 1560. The van der Waals surface area contributed by atoms with Crippen molar-refractivity contribution in [2.75, 3.05) is 34.7 Å². The number of nitrogens with two attached hydrogens (primary N) is 1. The standard InChI is InChI=1S/C35H41N5O3/c1-38(2)40(4)35(43)32(24-25-11-6-5-7-12-25)39(3)34(42)31(23-27-17-18-28-14-8-9-15-29(28)22-27)37-33(41)30-16-10-13-26(21-30)19-20-36/h5-18,21-22,31-32H,19-20,23-24,36H2,1-4H3,(H,37,41). The lowest BCUT2D eigenvalue weighted by Gasteiger charge is -2.35. The zero-order valence-corrected chi connectivity index (χ0v) is 25.4. The normalized spacial score (nSPS) is 12.5. The van der Waals surface area contributed by atoms with E-state index in [1.54, 1.807) is 45.3 Å². The number of carbonyl (C=O) groups is 3. The van der Waals surface area contributed by atoms with Crippen molar-refractivity contribution in [3.63, 3.8) is 0 Å². The van der Waals surface area contributed by atoms with E-state index < -0.39 is 12.1 Å². The van der Waals surface area contributed by atoms with Crippen LogP contribution in [0, 0.1) is 0 Å². The molecule has 4 aromatic carbocycles. The molecule has 8 heteroatoms. The molecule has 3 N–H and O–H groups in total. The van der Waals surface area contributed by atoms with Crippen LogP contribution in [0.1, 0.15) is 27.0 Å². The fraction of sp³-hybridized carbons (Fsp3) is 0.286. The Balaban J connectivity index is 1.67. The molecule has 3 amide bonds. The molecule has 0 aliphatic heterocycles. The first kappa shape index (κ1) is 31.4. The number of nitrogens with zero attached hydrogens (tertiary/aromatic N) is 3. The maximum Gasteiger partial charge on any atom is 0.259 e. The summed E-state index contributed by atoms with van der Waals surface area (Å²) in [5.41, 5.74) is 8.96.